The van der Waals surface area contributed by atoms with E-state index in [-0.39, 0.29) is 32.0 Å². The van der Waals surface area contributed by atoms with Crippen LogP contribution in [0.5, 0.6) is 0 Å². The van der Waals surface area contributed by atoms with Crippen molar-refractivity contribution in [3.8, 4) is 0 Å². The molecule has 284 valence electrons. The van der Waals surface area contributed by atoms with Crippen LogP contribution in [0, 0.1) is 0 Å². The van der Waals surface area contributed by atoms with E-state index in [1.54, 1.807) is 6.92 Å². The number of hydrogen-bond donors (Lipinski definition) is 1. The number of esters is 2. The fourth-order valence-electron chi connectivity index (χ4n) is 4.99. The van der Waals surface area contributed by atoms with Crippen LogP contribution in [0.4, 0.5) is 0 Å². The predicted octanol–water partition coefficient (Wildman–Crippen LogP) is 11.8. The molecular weight excluding hydrogens is 639 g/mol. The Morgan fingerprint density at radius 3 is 1.53 bits per heavy atom. The summed E-state index contributed by atoms with van der Waals surface area (Å²) in [5, 5.41) is 0. The van der Waals surface area contributed by atoms with Crippen LogP contribution in [0.25, 0.3) is 0 Å². The van der Waals surface area contributed by atoms with Crippen LogP contribution in [0.3, 0.4) is 0 Å². The number of ether oxygens (including phenoxy) is 2. The number of phosphoric ester groups is 1. The molecule has 0 aliphatic rings. The average Bonchev–Trinajstić information content (AvgIpc) is 3.07. The number of carbonyl (C=O) groups is 2. The molecule has 2 unspecified atom stereocenters. The smallest absolute Gasteiger partial charge is 0.462 e. The molecule has 0 bridgehead atoms. The van der Waals surface area contributed by atoms with Crippen LogP contribution in [-0.2, 0) is 32.7 Å². The third-order valence-corrected chi connectivity index (χ3v) is 8.90. The summed E-state index contributed by atoms with van der Waals surface area (Å²) in [6.45, 7) is 5.34. The van der Waals surface area contributed by atoms with Crippen molar-refractivity contribution in [2.45, 2.75) is 175 Å². The van der Waals surface area contributed by atoms with Crippen LogP contribution in [0.15, 0.2) is 48.6 Å². The highest BCUT2D eigenvalue weighted by atomic mass is 31.2. The van der Waals surface area contributed by atoms with Gasteiger partial charge in [-0.05, 0) is 77.6 Å². The summed E-state index contributed by atoms with van der Waals surface area (Å²) >= 11 is 0. The molecule has 1 N–H and O–H groups in total. The fraction of sp³-hybridized carbons (Fsp3) is 0.750. The van der Waals surface area contributed by atoms with Gasteiger partial charge in [-0.3, -0.25) is 18.6 Å². The molecule has 0 heterocycles. The van der Waals surface area contributed by atoms with Gasteiger partial charge in [-0.15, -0.1) is 0 Å². The summed E-state index contributed by atoms with van der Waals surface area (Å²) in [5.41, 5.74) is 0. The van der Waals surface area contributed by atoms with E-state index in [0.29, 0.717) is 6.42 Å². The Bertz CT molecular complexity index is 943. The number of allylic oxidation sites excluding steroid dienone is 8. The minimum absolute atomic E-state index is 0.00642. The first kappa shape index (κ1) is 47.0. The van der Waals surface area contributed by atoms with E-state index < -0.39 is 26.5 Å². The summed E-state index contributed by atoms with van der Waals surface area (Å²) in [7, 11) is -4.28. The van der Waals surface area contributed by atoms with E-state index >= 15 is 0 Å². The third-order valence-electron chi connectivity index (χ3n) is 7.84. The van der Waals surface area contributed by atoms with E-state index in [1.807, 2.05) is 0 Å². The summed E-state index contributed by atoms with van der Waals surface area (Å²) in [4.78, 5) is 34.6. The van der Waals surface area contributed by atoms with E-state index in [9.17, 15) is 19.0 Å². The molecule has 0 saturated carbocycles. The minimum Gasteiger partial charge on any atom is -0.462 e. The van der Waals surface area contributed by atoms with Crippen LogP contribution in [0.2, 0.25) is 0 Å². The quantitative estimate of drug-likeness (QED) is 0.0300. The maximum Gasteiger partial charge on any atom is 0.472 e. The van der Waals surface area contributed by atoms with Gasteiger partial charge in [-0.1, -0.05) is 127 Å². The lowest BCUT2D eigenvalue weighted by Crippen LogP contribution is -2.29. The summed E-state index contributed by atoms with van der Waals surface area (Å²) in [6.07, 6.45) is 40.2. The van der Waals surface area contributed by atoms with Crippen molar-refractivity contribution in [3.05, 3.63) is 48.6 Å². The molecule has 8 nitrogen and oxygen atoms in total. The second-order valence-corrected chi connectivity index (χ2v) is 14.0. The molecule has 0 fully saturated rings. The standard InChI is InChI=1S/C40H71O8P/c1-4-7-9-11-13-15-17-19-20-21-23-25-27-29-31-33-35-40(42)48-38(37-47-49(43,44)46-6-3)36-45-39(41)34-32-30-28-26-24-22-18-16-14-12-10-8-5-2/h10,12,15-18,20-21,38H,4-9,11,13-14,19,22-37H2,1-3H3,(H,43,44)/b12-10-,17-15-,18-16-,21-20-. The summed E-state index contributed by atoms with van der Waals surface area (Å²) in [5.74, 6) is -0.834. The highest BCUT2D eigenvalue weighted by Gasteiger charge is 2.25. The lowest BCUT2D eigenvalue weighted by Gasteiger charge is -2.19. The van der Waals surface area contributed by atoms with Crippen molar-refractivity contribution < 1.29 is 37.6 Å². The van der Waals surface area contributed by atoms with E-state index in [4.69, 9.17) is 18.5 Å². The number of rotatable bonds is 35. The molecule has 0 aromatic carbocycles. The zero-order chi connectivity index (χ0) is 36.1. The Morgan fingerprint density at radius 2 is 1.02 bits per heavy atom. The topological polar surface area (TPSA) is 108 Å². The predicted molar refractivity (Wildman–Crippen MR) is 202 cm³/mol. The zero-order valence-corrected chi connectivity index (χ0v) is 32.2. The molecule has 49 heavy (non-hydrogen) atoms. The Labute approximate surface area is 299 Å². The van der Waals surface area contributed by atoms with E-state index in [1.165, 1.54) is 38.5 Å². The maximum absolute atomic E-state index is 12.5. The van der Waals surface area contributed by atoms with Gasteiger partial charge >= 0.3 is 19.8 Å². The monoisotopic (exact) mass is 710 g/mol. The van der Waals surface area contributed by atoms with Crippen LogP contribution >= 0.6 is 7.82 Å². The molecule has 0 saturated heterocycles. The fourth-order valence-corrected chi connectivity index (χ4v) is 5.75. The van der Waals surface area contributed by atoms with Gasteiger partial charge in [0.2, 0.25) is 0 Å². The normalized spacial score (nSPS) is 14.0. The third kappa shape index (κ3) is 35.6. The molecule has 2 atom stereocenters. The van der Waals surface area contributed by atoms with Gasteiger partial charge in [0.1, 0.15) is 6.61 Å². The van der Waals surface area contributed by atoms with Crippen LogP contribution in [0.1, 0.15) is 168 Å². The number of phosphoric acid groups is 1. The SMILES string of the molecule is CCC/C=C\C/C=C\CCCCCCCC(=O)OCC(COP(=O)(O)OCC)OC(=O)CCCCCCC/C=C\C/C=C\CCCCCC. The van der Waals surface area contributed by atoms with Crippen LogP contribution < -0.4 is 0 Å². The molecule has 0 aliphatic carbocycles. The largest absolute Gasteiger partial charge is 0.472 e. The zero-order valence-electron chi connectivity index (χ0n) is 31.3. The van der Waals surface area contributed by atoms with Gasteiger partial charge in [0, 0.05) is 12.8 Å². The highest BCUT2D eigenvalue weighted by Crippen LogP contribution is 2.43. The van der Waals surface area contributed by atoms with Gasteiger partial charge in [0.25, 0.3) is 0 Å². The van der Waals surface area contributed by atoms with Gasteiger partial charge in [-0.2, -0.15) is 0 Å². The molecule has 0 radical (unpaired) electrons. The second-order valence-electron chi connectivity index (χ2n) is 12.6. The van der Waals surface area contributed by atoms with Crippen molar-refractivity contribution in [1.82, 2.24) is 0 Å². The maximum atomic E-state index is 12.5. The van der Waals surface area contributed by atoms with Crippen molar-refractivity contribution >= 4 is 19.8 Å². The molecule has 0 aliphatic heterocycles. The van der Waals surface area contributed by atoms with Crippen molar-refractivity contribution in [2.24, 2.45) is 0 Å². The van der Waals surface area contributed by atoms with Gasteiger partial charge in [0.05, 0.1) is 13.2 Å². The molecule has 0 aromatic rings. The molecular formula is C40H71O8P. The lowest BCUT2D eigenvalue weighted by molar-refractivity contribution is -0.161. The van der Waals surface area contributed by atoms with E-state index in [2.05, 4.69) is 62.5 Å². The van der Waals surface area contributed by atoms with E-state index in [0.717, 1.165) is 89.9 Å². The summed E-state index contributed by atoms with van der Waals surface area (Å²) in [6, 6.07) is 0. The number of unbranched alkanes of at least 4 members (excludes halogenated alkanes) is 15. The summed E-state index contributed by atoms with van der Waals surface area (Å²) < 4.78 is 32.5. The Balaban J connectivity index is 4.20. The first-order valence-electron chi connectivity index (χ1n) is 19.4. The first-order chi connectivity index (χ1) is 23.8. The van der Waals surface area contributed by atoms with Crippen molar-refractivity contribution in [1.29, 1.82) is 0 Å². The van der Waals surface area contributed by atoms with Gasteiger partial charge in [-0.25, -0.2) is 4.57 Å². The number of carbonyl (C=O) groups excluding carboxylic acids is 2. The van der Waals surface area contributed by atoms with Gasteiger partial charge < -0.3 is 14.4 Å². The molecule has 0 spiro atoms. The number of hydrogen-bond acceptors (Lipinski definition) is 7. The Kier molecular flexibility index (Phi) is 34.4. The lowest BCUT2D eigenvalue weighted by atomic mass is 10.1. The second kappa shape index (κ2) is 35.8. The molecule has 0 aromatic heterocycles. The first-order valence-corrected chi connectivity index (χ1v) is 20.9. The van der Waals surface area contributed by atoms with Crippen molar-refractivity contribution in [3.63, 3.8) is 0 Å². The molecule has 0 rings (SSSR count). The van der Waals surface area contributed by atoms with Crippen LogP contribution in [-0.4, -0.2) is 42.8 Å². The molecule has 0 amide bonds. The minimum atomic E-state index is -4.28. The average molecular weight is 711 g/mol. The van der Waals surface area contributed by atoms with Gasteiger partial charge in [0.15, 0.2) is 6.10 Å². The van der Waals surface area contributed by atoms with Crippen molar-refractivity contribution in [2.75, 3.05) is 19.8 Å². The Hall–Kier alpha value is -1.99. The molecule has 9 heteroatoms. The Morgan fingerprint density at radius 1 is 0.551 bits per heavy atom. The highest BCUT2D eigenvalue weighted by molar-refractivity contribution is 7.47.